The van der Waals surface area contributed by atoms with Crippen molar-refractivity contribution >= 4 is 5.69 Å². The highest BCUT2D eigenvalue weighted by atomic mass is 19.1. The molecule has 27 heavy (non-hydrogen) atoms. The molecular formula is C21H32FN3O2. The molecule has 1 aliphatic carbocycles. The van der Waals surface area contributed by atoms with Crippen molar-refractivity contribution in [3.8, 4) is 0 Å². The summed E-state index contributed by atoms with van der Waals surface area (Å²) in [4.78, 5) is 4.75. The van der Waals surface area contributed by atoms with Crippen LogP contribution in [0.1, 0.15) is 32.1 Å². The van der Waals surface area contributed by atoms with Crippen LogP contribution >= 0.6 is 0 Å². The Labute approximate surface area is 161 Å². The van der Waals surface area contributed by atoms with Crippen LogP contribution in [0.3, 0.4) is 0 Å². The molecule has 1 aromatic carbocycles. The van der Waals surface area contributed by atoms with Gasteiger partial charge in [-0.05, 0) is 50.9 Å². The zero-order valence-electron chi connectivity index (χ0n) is 16.0. The number of rotatable bonds is 5. The minimum atomic E-state index is -0.231. The van der Waals surface area contributed by atoms with Crippen LogP contribution in [0.5, 0.6) is 0 Å². The molecule has 0 unspecified atom stereocenters. The second-order valence-electron chi connectivity index (χ2n) is 8.34. The standard InChI is InChI=1S/C21H32FN3O2/c22-17-3-1-2-4-18(17)25-10-5-16(6-11-25)24-12-7-21(8-13-24)19(26)15-20(21)27-14-9-23/h1-4,16,19-20,26H,5-15,23H2/t19-,20+/m1/s1. The minimum Gasteiger partial charge on any atom is -0.392 e. The van der Waals surface area contributed by atoms with E-state index in [1.807, 2.05) is 12.1 Å². The molecule has 6 heteroatoms. The van der Waals surface area contributed by atoms with Gasteiger partial charge in [0.15, 0.2) is 0 Å². The molecule has 0 amide bonds. The number of anilines is 1. The summed E-state index contributed by atoms with van der Waals surface area (Å²) < 4.78 is 19.9. The van der Waals surface area contributed by atoms with Gasteiger partial charge in [-0.15, -0.1) is 0 Å². The summed E-state index contributed by atoms with van der Waals surface area (Å²) >= 11 is 0. The van der Waals surface area contributed by atoms with Gasteiger partial charge in [-0.3, -0.25) is 0 Å². The summed E-state index contributed by atoms with van der Waals surface area (Å²) in [6.45, 7) is 4.96. The van der Waals surface area contributed by atoms with Crippen LogP contribution in [0, 0.1) is 11.2 Å². The van der Waals surface area contributed by atoms with Gasteiger partial charge in [-0.2, -0.15) is 0 Å². The summed E-state index contributed by atoms with van der Waals surface area (Å²) in [6.07, 6.45) is 4.81. The van der Waals surface area contributed by atoms with Crippen molar-refractivity contribution < 1.29 is 14.2 Å². The van der Waals surface area contributed by atoms with E-state index in [-0.39, 0.29) is 23.4 Å². The lowest BCUT2D eigenvalue weighted by atomic mass is 9.58. The lowest BCUT2D eigenvalue weighted by Crippen LogP contribution is -2.63. The van der Waals surface area contributed by atoms with Crippen molar-refractivity contribution in [2.24, 2.45) is 11.1 Å². The summed E-state index contributed by atoms with van der Waals surface area (Å²) in [7, 11) is 0. The van der Waals surface area contributed by atoms with E-state index < -0.39 is 0 Å². The number of ether oxygens (including phenoxy) is 1. The lowest BCUT2D eigenvalue weighted by molar-refractivity contribution is -0.212. The molecule has 5 nitrogen and oxygen atoms in total. The molecule has 2 saturated heterocycles. The van der Waals surface area contributed by atoms with Gasteiger partial charge in [0.2, 0.25) is 0 Å². The number of para-hydroxylation sites is 1. The number of hydrogen-bond donors (Lipinski definition) is 2. The van der Waals surface area contributed by atoms with Crippen LogP contribution in [-0.4, -0.2) is 67.6 Å². The lowest BCUT2D eigenvalue weighted by Gasteiger charge is -2.57. The van der Waals surface area contributed by atoms with Gasteiger partial charge < -0.3 is 25.4 Å². The first-order valence-electron chi connectivity index (χ1n) is 10.4. The maximum Gasteiger partial charge on any atom is 0.146 e. The zero-order chi connectivity index (χ0) is 18.9. The summed E-state index contributed by atoms with van der Waals surface area (Å²) in [6, 6.07) is 7.63. The fraction of sp³-hybridized carbons (Fsp3) is 0.714. The monoisotopic (exact) mass is 377 g/mol. The molecule has 1 saturated carbocycles. The Morgan fingerprint density at radius 2 is 1.85 bits per heavy atom. The van der Waals surface area contributed by atoms with E-state index in [9.17, 15) is 9.50 Å². The van der Waals surface area contributed by atoms with Gasteiger partial charge in [-0.25, -0.2) is 4.39 Å². The normalized spacial score (nSPS) is 29.1. The molecule has 150 valence electrons. The van der Waals surface area contributed by atoms with Crippen LogP contribution in [0.25, 0.3) is 0 Å². The molecule has 2 heterocycles. The van der Waals surface area contributed by atoms with Gasteiger partial charge in [0.25, 0.3) is 0 Å². The van der Waals surface area contributed by atoms with E-state index in [1.165, 1.54) is 0 Å². The highest BCUT2D eigenvalue weighted by Gasteiger charge is 2.56. The third-order valence-corrected chi connectivity index (χ3v) is 7.08. The predicted molar refractivity (Wildman–Crippen MR) is 104 cm³/mol. The molecular weight excluding hydrogens is 345 g/mol. The number of nitrogens with zero attached hydrogens (tertiary/aromatic N) is 2. The highest BCUT2D eigenvalue weighted by Crippen LogP contribution is 2.51. The third-order valence-electron chi connectivity index (χ3n) is 7.08. The number of hydrogen-bond acceptors (Lipinski definition) is 5. The fourth-order valence-electron chi connectivity index (χ4n) is 5.31. The van der Waals surface area contributed by atoms with E-state index in [2.05, 4.69) is 9.80 Å². The maximum absolute atomic E-state index is 14.0. The number of likely N-dealkylation sites (tertiary alicyclic amines) is 1. The first-order valence-corrected chi connectivity index (χ1v) is 10.4. The van der Waals surface area contributed by atoms with Crippen LogP contribution in [0.2, 0.25) is 0 Å². The van der Waals surface area contributed by atoms with Crippen LogP contribution in [0.15, 0.2) is 24.3 Å². The molecule has 2 atom stereocenters. The van der Waals surface area contributed by atoms with E-state index in [4.69, 9.17) is 10.5 Å². The Morgan fingerprint density at radius 1 is 1.15 bits per heavy atom. The second-order valence-corrected chi connectivity index (χ2v) is 8.34. The molecule has 4 rings (SSSR count). The van der Waals surface area contributed by atoms with Gasteiger partial charge in [0.1, 0.15) is 5.82 Å². The SMILES string of the molecule is NCCO[C@H]1C[C@@H](O)C12CCN(C1CCN(c3ccccc3F)CC1)CC2. The molecule has 1 aromatic rings. The molecule has 2 aliphatic heterocycles. The number of halogens is 1. The predicted octanol–water partition coefficient (Wildman–Crippen LogP) is 1.99. The van der Waals surface area contributed by atoms with E-state index in [0.29, 0.717) is 19.2 Å². The number of aliphatic hydroxyl groups is 1. The fourth-order valence-corrected chi connectivity index (χ4v) is 5.31. The molecule has 1 spiro atoms. The molecule has 0 radical (unpaired) electrons. The Morgan fingerprint density at radius 3 is 2.48 bits per heavy atom. The first-order chi connectivity index (χ1) is 13.1. The molecule has 0 aromatic heterocycles. The highest BCUT2D eigenvalue weighted by molar-refractivity contribution is 5.47. The summed E-state index contributed by atoms with van der Waals surface area (Å²) in [5.74, 6) is -0.127. The maximum atomic E-state index is 14.0. The Kier molecular flexibility index (Phi) is 5.69. The average molecular weight is 378 g/mol. The van der Waals surface area contributed by atoms with Crippen molar-refractivity contribution in [2.45, 2.75) is 50.4 Å². The molecule has 3 N–H and O–H groups in total. The topological polar surface area (TPSA) is 62.0 Å². The van der Waals surface area contributed by atoms with Crippen molar-refractivity contribution in [3.63, 3.8) is 0 Å². The van der Waals surface area contributed by atoms with Crippen LogP contribution in [-0.2, 0) is 4.74 Å². The van der Waals surface area contributed by atoms with Gasteiger partial charge in [-0.1, -0.05) is 12.1 Å². The second kappa shape index (κ2) is 8.03. The summed E-state index contributed by atoms with van der Waals surface area (Å²) in [5, 5.41) is 10.4. The third kappa shape index (κ3) is 3.60. The van der Waals surface area contributed by atoms with Crippen LogP contribution in [0.4, 0.5) is 10.1 Å². The van der Waals surface area contributed by atoms with Gasteiger partial charge in [0.05, 0.1) is 24.5 Å². The van der Waals surface area contributed by atoms with E-state index >= 15 is 0 Å². The van der Waals surface area contributed by atoms with Crippen molar-refractivity contribution in [1.29, 1.82) is 0 Å². The Balaban J connectivity index is 1.29. The van der Waals surface area contributed by atoms with Crippen molar-refractivity contribution in [3.05, 3.63) is 30.1 Å². The van der Waals surface area contributed by atoms with E-state index in [1.54, 1.807) is 12.1 Å². The quantitative estimate of drug-likeness (QED) is 0.822. The zero-order valence-corrected chi connectivity index (χ0v) is 16.0. The number of benzene rings is 1. The Hall–Kier alpha value is -1.21. The van der Waals surface area contributed by atoms with E-state index in [0.717, 1.165) is 64.0 Å². The van der Waals surface area contributed by atoms with Crippen LogP contribution < -0.4 is 10.6 Å². The van der Waals surface area contributed by atoms with Crippen molar-refractivity contribution in [2.75, 3.05) is 44.2 Å². The summed E-state index contributed by atoms with van der Waals surface area (Å²) in [5.41, 5.74) is 6.24. The smallest absolute Gasteiger partial charge is 0.146 e. The Bertz CT molecular complexity index is 628. The number of piperidine rings is 2. The minimum absolute atomic E-state index is 0.0560. The number of nitrogens with two attached hydrogens (primary N) is 1. The molecule has 3 fully saturated rings. The molecule has 3 aliphatic rings. The van der Waals surface area contributed by atoms with Gasteiger partial charge >= 0.3 is 0 Å². The van der Waals surface area contributed by atoms with Crippen molar-refractivity contribution in [1.82, 2.24) is 4.90 Å². The number of aliphatic hydroxyl groups excluding tert-OH is 1. The van der Waals surface area contributed by atoms with Gasteiger partial charge in [0, 0.05) is 37.5 Å². The average Bonchev–Trinajstić information content (AvgIpc) is 2.72. The molecule has 0 bridgehead atoms. The first kappa shape index (κ1) is 19.1. The largest absolute Gasteiger partial charge is 0.392 e.